The molecule has 0 aliphatic carbocycles. The summed E-state index contributed by atoms with van der Waals surface area (Å²) >= 11 is 5.91. The number of nitrogens with one attached hydrogen (secondary N) is 1. The number of carbonyl (C=O) groups is 1. The summed E-state index contributed by atoms with van der Waals surface area (Å²) in [5, 5.41) is 8.78. The van der Waals surface area contributed by atoms with E-state index in [1.165, 1.54) is 4.68 Å². The average molecular weight is 352 g/mol. The van der Waals surface area contributed by atoms with Crippen LogP contribution in [0.5, 0.6) is 0 Å². The van der Waals surface area contributed by atoms with Gasteiger partial charge in [0.2, 0.25) is 0 Å². The highest BCUT2D eigenvalue weighted by Gasteiger charge is 2.12. The first kappa shape index (κ1) is 16.7. The summed E-state index contributed by atoms with van der Waals surface area (Å²) < 4.78 is 1.23. The van der Waals surface area contributed by atoms with Gasteiger partial charge in [-0.05, 0) is 24.3 Å². The Bertz CT molecular complexity index is 1050. The van der Waals surface area contributed by atoms with Gasteiger partial charge in [0.15, 0.2) is 0 Å². The number of fused-ring (bicyclic) bond motifs is 1. The number of nitrogens with zero attached hydrogens (tertiary/aromatic N) is 2. The molecule has 1 aromatic heterocycles. The Morgan fingerprint density at radius 1 is 1.20 bits per heavy atom. The minimum atomic E-state index is -0.275. The quantitative estimate of drug-likeness (QED) is 0.735. The molecule has 2 aromatic carbocycles. The van der Waals surface area contributed by atoms with E-state index in [-0.39, 0.29) is 24.6 Å². The predicted molar refractivity (Wildman–Crippen MR) is 97.5 cm³/mol. The summed E-state index contributed by atoms with van der Waals surface area (Å²) in [5.74, 6) is 2.14. The summed E-state index contributed by atoms with van der Waals surface area (Å²) in [6.07, 6.45) is 5.30. The molecule has 1 amide bonds. The number of carbonyl (C=O) groups excluding carboxylic acids is 1. The van der Waals surface area contributed by atoms with Crippen LogP contribution >= 0.6 is 11.6 Å². The largest absolute Gasteiger partial charge is 0.346 e. The first-order valence-electron chi connectivity index (χ1n) is 7.56. The fourth-order valence-corrected chi connectivity index (χ4v) is 2.72. The Kier molecular flexibility index (Phi) is 4.82. The molecule has 0 fully saturated rings. The Morgan fingerprint density at radius 2 is 1.96 bits per heavy atom. The fraction of sp³-hybridized carbons (Fsp3) is 0.105. The molecule has 0 spiro atoms. The highest BCUT2D eigenvalue weighted by atomic mass is 35.5. The molecule has 0 aliphatic heterocycles. The van der Waals surface area contributed by atoms with E-state index in [9.17, 15) is 9.59 Å². The monoisotopic (exact) mass is 351 g/mol. The van der Waals surface area contributed by atoms with E-state index in [4.69, 9.17) is 18.0 Å². The van der Waals surface area contributed by atoms with Gasteiger partial charge in [0.1, 0.15) is 6.54 Å². The summed E-state index contributed by atoms with van der Waals surface area (Å²) in [6.45, 7) is 0.232. The van der Waals surface area contributed by atoms with E-state index in [0.717, 1.165) is 0 Å². The van der Waals surface area contributed by atoms with Gasteiger partial charge >= 0.3 is 0 Å². The molecular weight excluding hydrogens is 338 g/mol. The van der Waals surface area contributed by atoms with Crippen molar-refractivity contribution in [3.05, 3.63) is 75.2 Å². The highest BCUT2D eigenvalue weighted by molar-refractivity contribution is 6.30. The van der Waals surface area contributed by atoms with Crippen molar-refractivity contribution in [3.63, 3.8) is 0 Å². The lowest BCUT2D eigenvalue weighted by Gasteiger charge is -2.10. The number of hydrogen-bond donors (Lipinski definition) is 1. The van der Waals surface area contributed by atoms with E-state index in [1.54, 1.807) is 42.5 Å². The van der Waals surface area contributed by atoms with Gasteiger partial charge in [0.25, 0.3) is 11.5 Å². The third-order valence-electron chi connectivity index (χ3n) is 3.69. The molecular formula is C19H14ClN3O2. The van der Waals surface area contributed by atoms with Crippen molar-refractivity contribution >= 4 is 28.3 Å². The van der Waals surface area contributed by atoms with Crippen LogP contribution in [-0.4, -0.2) is 15.7 Å². The van der Waals surface area contributed by atoms with E-state index in [0.29, 0.717) is 27.1 Å². The van der Waals surface area contributed by atoms with Gasteiger partial charge in [-0.25, -0.2) is 4.68 Å². The molecule has 0 aliphatic rings. The lowest BCUT2D eigenvalue weighted by atomic mass is 10.1. The lowest BCUT2D eigenvalue weighted by molar-refractivity contribution is 0.0950. The van der Waals surface area contributed by atoms with E-state index < -0.39 is 0 Å². The molecule has 3 aromatic rings. The van der Waals surface area contributed by atoms with Crippen molar-refractivity contribution in [1.82, 2.24) is 15.1 Å². The standard InChI is InChI=1S/C19H14ClN3O2/c1-2-10-23-19(25)16-9-4-3-8-15(16)17(22-23)12-21-18(24)13-6-5-7-14(20)11-13/h1,3-9,11H,10,12H2,(H,21,24). The maximum Gasteiger partial charge on any atom is 0.275 e. The van der Waals surface area contributed by atoms with Gasteiger partial charge in [-0.2, -0.15) is 5.10 Å². The number of amides is 1. The van der Waals surface area contributed by atoms with Gasteiger partial charge in [-0.15, -0.1) is 6.42 Å². The lowest BCUT2D eigenvalue weighted by Crippen LogP contribution is -2.28. The SMILES string of the molecule is C#CCn1nc(CNC(=O)c2cccc(Cl)c2)c2ccccc2c1=O. The zero-order valence-corrected chi connectivity index (χ0v) is 14.0. The van der Waals surface area contributed by atoms with Gasteiger partial charge in [0.05, 0.1) is 17.6 Å². The summed E-state index contributed by atoms with van der Waals surface area (Å²) in [4.78, 5) is 24.7. The third kappa shape index (κ3) is 3.54. The van der Waals surface area contributed by atoms with Crippen molar-refractivity contribution in [2.24, 2.45) is 0 Å². The normalized spacial score (nSPS) is 10.4. The number of aromatic nitrogens is 2. The molecule has 3 rings (SSSR count). The molecule has 0 saturated heterocycles. The molecule has 0 atom stereocenters. The van der Waals surface area contributed by atoms with E-state index in [2.05, 4.69) is 16.3 Å². The van der Waals surface area contributed by atoms with Crippen LogP contribution in [0.15, 0.2) is 53.3 Å². The number of benzene rings is 2. The smallest absolute Gasteiger partial charge is 0.275 e. The molecule has 6 heteroatoms. The summed E-state index contributed by atoms with van der Waals surface area (Å²) in [5.41, 5.74) is 0.771. The number of terminal acetylenes is 1. The second kappa shape index (κ2) is 7.20. The number of halogens is 1. The minimum absolute atomic E-state index is 0.0684. The van der Waals surface area contributed by atoms with Crippen LogP contribution in [0.1, 0.15) is 16.1 Å². The van der Waals surface area contributed by atoms with Gasteiger partial charge < -0.3 is 5.32 Å². The molecule has 1 heterocycles. The zero-order chi connectivity index (χ0) is 17.8. The van der Waals surface area contributed by atoms with Crippen LogP contribution in [0.2, 0.25) is 5.02 Å². The first-order valence-corrected chi connectivity index (χ1v) is 7.94. The Morgan fingerprint density at radius 3 is 2.68 bits per heavy atom. The van der Waals surface area contributed by atoms with Crippen LogP contribution in [0.3, 0.4) is 0 Å². The average Bonchev–Trinajstić information content (AvgIpc) is 2.63. The van der Waals surface area contributed by atoms with Crippen molar-refractivity contribution in [1.29, 1.82) is 0 Å². The second-order valence-electron chi connectivity index (χ2n) is 5.35. The van der Waals surface area contributed by atoms with Gasteiger partial charge in [-0.3, -0.25) is 9.59 Å². The predicted octanol–water partition coefficient (Wildman–Crippen LogP) is 2.61. The molecule has 0 unspecified atom stereocenters. The maximum absolute atomic E-state index is 12.4. The fourth-order valence-electron chi connectivity index (χ4n) is 2.53. The van der Waals surface area contributed by atoms with E-state index >= 15 is 0 Å². The zero-order valence-electron chi connectivity index (χ0n) is 13.2. The molecule has 5 nitrogen and oxygen atoms in total. The molecule has 124 valence electrons. The number of rotatable bonds is 4. The topological polar surface area (TPSA) is 64.0 Å². The second-order valence-corrected chi connectivity index (χ2v) is 5.79. The van der Waals surface area contributed by atoms with Crippen LogP contribution in [0.25, 0.3) is 10.8 Å². The van der Waals surface area contributed by atoms with Gasteiger partial charge in [0, 0.05) is 16.0 Å². The van der Waals surface area contributed by atoms with Crippen molar-refractivity contribution in [2.45, 2.75) is 13.1 Å². The Balaban J connectivity index is 1.93. The van der Waals surface area contributed by atoms with Crippen LogP contribution in [-0.2, 0) is 13.1 Å². The molecule has 0 radical (unpaired) electrons. The van der Waals surface area contributed by atoms with E-state index in [1.807, 2.05) is 6.07 Å². The van der Waals surface area contributed by atoms with Crippen molar-refractivity contribution < 1.29 is 4.79 Å². The molecule has 25 heavy (non-hydrogen) atoms. The molecule has 0 bridgehead atoms. The first-order chi connectivity index (χ1) is 12.1. The Labute approximate surface area is 149 Å². The van der Waals surface area contributed by atoms with Crippen LogP contribution in [0, 0.1) is 12.3 Å². The third-order valence-corrected chi connectivity index (χ3v) is 3.92. The molecule has 1 N–H and O–H groups in total. The Hall–Kier alpha value is -3.10. The summed E-state index contributed by atoms with van der Waals surface area (Å²) in [7, 11) is 0. The molecule has 0 saturated carbocycles. The van der Waals surface area contributed by atoms with Crippen molar-refractivity contribution in [3.8, 4) is 12.3 Å². The van der Waals surface area contributed by atoms with Crippen molar-refractivity contribution in [2.75, 3.05) is 0 Å². The maximum atomic E-state index is 12.4. The number of hydrogen-bond acceptors (Lipinski definition) is 3. The van der Waals surface area contributed by atoms with Crippen LogP contribution in [0.4, 0.5) is 0 Å². The van der Waals surface area contributed by atoms with Gasteiger partial charge in [-0.1, -0.05) is 41.8 Å². The highest BCUT2D eigenvalue weighted by Crippen LogP contribution is 2.14. The van der Waals surface area contributed by atoms with Crippen LogP contribution < -0.4 is 10.9 Å². The minimum Gasteiger partial charge on any atom is -0.346 e. The summed E-state index contributed by atoms with van der Waals surface area (Å²) in [6, 6.07) is 13.8.